The van der Waals surface area contributed by atoms with E-state index in [1.54, 1.807) is 11.3 Å². The first kappa shape index (κ1) is 17.9. The van der Waals surface area contributed by atoms with Crippen LogP contribution in [0, 0.1) is 0 Å². The van der Waals surface area contributed by atoms with Gasteiger partial charge in [0.15, 0.2) is 5.82 Å². The van der Waals surface area contributed by atoms with Crippen LogP contribution in [-0.4, -0.2) is 38.6 Å². The first-order valence-electron chi connectivity index (χ1n) is 9.77. The lowest BCUT2D eigenvalue weighted by molar-refractivity contribution is 0.192. The quantitative estimate of drug-likeness (QED) is 0.564. The lowest BCUT2D eigenvalue weighted by Crippen LogP contribution is -2.43. The van der Waals surface area contributed by atoms with Gasteiger partial charge in [0.2, 0.25) is 4.96 Å². The maximum atomic E-state index is 12.6. The van der Waals surface area contributed by atoms with Gasteiger partial charge in [-0.25, -0.2) is 9.31 Å². The molecule has 29 heavy (non-hydrogen) atoms. The van der Waals surface area contributed by atoms with Gasteiger partial charge < -0.3 is 10.2 Å². The van der Waals surface area contributed by atoms with Crippen molar-refractivity contribution in [2.75, 3.05) is 13.1 Å². The number of nitrogens with zero attached hydrogens (tertiary/aromatic N) is 4. The van der Waals surface area contributed by atoms with Gasteiger partial charge in [0.25, 0.3) is 0 Å². The van der Waals surface area contributed by atoms with Gasteiger partial charge in [-0.3, -0.25) is 0 Å². The highest BCUT2D eigenvalue weighted by molar-refractivity contribution is 7.17. The number of rotatable bonds is 4. The number of benzene rings is 2. The van der Waals surface area contributed by atoms with Gasteiger partial charge in [0, 0.05) is 30.0 Å². The molecule has 0 atom stereocenters. The number of nitrogens with one attached hydrogen (secondary N) is 1. The molecule has 1 N–H and O–H groups in total. The molecule has 0 bridgehead atoms. The molecule has 0 aliphatic carbocycles. The van der Waals surface area contributed by atoms with Crippen molar-refractivity contribution < 1.29 is 4.79 Å². The molecule has 0 unspecified atom stereocenters. The van der Waals surface area contributed by atoms with E-state index < -0.39 is 0 Å². The second-order valence-electron chi connectivity index (χ2n) is 7.11. The summed E-state index contributed by atoms with van der Waals surface area (Å²) in [4.78, 5) is 21.2. The van der Waals surface area contributed by atoms with Crippen molar-refractivity contribution in [3.8, 4) is 11.4 Å². The smallest absolute Gasteiger partial charge is 0.317 e. The normalized spacial score (nSPS) is 13.4. The summed E-state index contributed by atoms with van der Waals surface area (Å²) in [7, 11) is 0. The van der Waals surface area contributed by atoms with Crippen LogP contribution in [0.5, 0.6) is 0 Å². The number of urea groups is 1. The van der Waals surface area contributed by atoms with Crippen molar-refractivity contribution in [3.63, 3.8) is 0 Å². The van der Waals surface area contributed by atoms with Crippen LogP contribution >= 0.6 is 11.3 Å². The third-order valence-corrected chi connectivity index (χ3v) is 6.23. The van der Waals surface area contributed by atoms with Crippen molar-refractivity contribution in [1.29, 1.82) is 0 Å². The topological polar surface area (TPSA) is 62.5 Å². The Hall–Kier alpha value is -3.19. The zero-order valence-corrected chi connectivity index (χ0v) is 16.7. The SMILES string of the molecule is O=C(NCCc1ccccc1)N1CCc2c(sc3nc(-c4ccccc4)nn23)C1. The van der Waals surface area contributed by atoms with Crippen molar-refractivity contribution >= 4 is 22.3 Å². The van der Waals surface area contributed by atoms with Gasteiger partial charge in [-0.2, -0.15) is 4.98 Å². The van der Waals surface area contributed by atoms with Crippen LogP contribution in [-0.2, 0) is 19.4 Å². The van der Waals surface area contributed by atoms with E-state index in [1.807, 2.05) is 57.9 Å². The first-order valence-corrected chi connectivity index (χ1v) is 10.6. The number of fused-ring (bicyclic) bond motifs is 3. The molecular weight excluding hydrogens is 382 g/mol. The Bertz CT molecular complexity index is 1140. The van der Waals surface area contributed by atoms with Gasteiger partial charge >= 0.3 is 6.03 Å². The minimum atomic E-state index is -0.00412. The van der Waals surface area contributed by atoms with E-state index in [1.165, 1.54) is 16.1 Å². The molecule has 3 heterocycles. The maximum absolute atomic E-state index is 12.6. The molecule has 2 amide bonds. The number of aromatic nitrogens is 3. The lowest BCUT2D eigenvalue weighted by Gasteiger charge is -2.26. The molecule has 2 aromatic heterocycles. The standard InChI is InChI=1S/C22H21N5OS/c28-21(23-13-11-16-7-3-1-4-8-16)26-14-12-18-19(15-26)29-22-24-20(25-27(18)22)17-9-5-2-6-10-17/h1-10H,11-15H2,(H,23,28). The Kier molecular flexibility index (Phi) is 4.73. The third-order valence-electron chi connectivity index (χ3n) is 5.17. The van der Waals surface area contributed by atoms with Crippen LogP contribution in [0.4, 0.5) is 4.79 Å². The summed E-state index contributed by atoms with van der Waals surface area (Å²) in [5.74, 6) is 0.751. The van der Waals surface area contributed by atoms with Crippen molar-refractivity contribution in [3.05, 3.63) is 76.8 Å². The van der Waals surface area contributed by atoms with E-state index in [0.29, 0.717) is 19.6 Å². The summed E-state index contributed by atoms with van der Waals surface area (Å²) in [6, 6.07) is 20.2. The van der Waals surface area contributed by atoms with Gasteiger partial charge in [-0.05, 0) is 12.0 Å². The van der Waals surface area contributed by atoms with E-state index in [2.05, 4.69) is 17.4 Å². The summed E-state index contributed by atoms with van der Waals surface area (Å²) in [6.07, 6.45) is 1.63. The Morgan fingerprint density at radius 2 is 1.83 bits per heavy atom. The van der Waals surface area contributed by atoms with Crippen molar-refractivity contribution in [2.45, 2.75) is 19.4 Å². The molecule has 0 radical (unpaired) electrons. The van der Waals surface area contributed by atoms with E-state index in [0.717, 1.165) is 29.2 Å². The van der Waals surface area contributed by atoms with Crippen LogP contribution in [0.2, 0.25) is 0 Å². The van der Waals surface area contributed by atoms with Gasteiger partial charge in [-0.1, -0.05) is 72.0 Å². The molecule has 5 rings (SSSR count). The number of hydrogen-bond acceptors (Lipinski definition) is 4. The zero-order valence-electron chi connectivity index (χ0n) is 15.9. The maximum Gasteiger partial charge on any atom is 0.317 e. The van der Waals surface area contributed by atoms with Crippen LogP contribution in [0.15, 0.2) is 60.7 Å². The molecule has 0 saturated heterocycles. The Morgan fingerprint density at radius 1 is 1.07 bits per heavy atom. The number of amides is 2. The predicted molar refractivity (Wildman–Crippen MR) is 114 cm³/mol. The zero-order chi connectivity index (χ0) is 19.6. The van der Waals surface area contributed by atoms with Crippen molar-refractivity contribution in [1.82, 2.24) is 24.8 Å². The second kappa shape index (κ2) is 7.67. The lowest BCUT2D eigenvalue weighted by atomic mass is 10.1. The monoisotopic (exact) mass is 403 g/mol. The van der Waals surface area contributed by atoms with E-state index in [-0.39, 0.29) is 6.03 Å². The number of hydrogen-bond donors (Lipinski definition) is 1. The summed E-state index contributed by atoms with van der Waals surface area (Å²) in [5.41, 5.74) is 3.42. The average Bonchev–Trinajstić information content (AvgIpc) is 3.32. The molecule has 0 fully saturated rings. The fraction of sp³-hybridized carbons (Fsp3) is 0.227. The summed E-state index contributed by atoms with van der Waals surface area (Å²) in [6.45, 7) is 1.95. The highest BCUT2D eigenvalue weighted by Gasteiger charge is 2.26. The molecule has 146 valence electrons. The molecule has 1 aliphatic rings. The van der Waals surface area contributed by atoms with Crippen LogP contribution in [0.25, 0.3) is 16.3 Å². The highest BCUT2D eigenvalue weighted by Crippen LogP contribution is 2.29. The highest BCUT2D eigenvalue weighted by atomic mass is 32.1. The summed E-state index contributed by atoms with van der Waals surface area (Å²) in [5, 5.41) is 7.75. The Morgan fingerprint density at radius 3 is 2.62 bits per heavy atom. The minimum absolute atomic E-state index is 0.00412. The van der Waals surface area contributed by atoms with Gasteiger partial charge in [0.1, 0.15) is 0 Å². The van der Waals surface area contributed by atoms with E-state index in [4.69, 9.17) is 10.1 Å². The summed E-state index contributed by atoms with van der Waals surface area (Å²) < 4.78 is 1.95. The van der Waals surface area contributed by atoms with E-state index in [9.17, 15) is 4.79 Å². The Labute approximate surface area is 172 Å². The third kappa shape index (κ3) is 3.61. The predicted octanol–water partition coefficient (Wildman–Crippen LogP) is 3.77. The number of carbonyl (C=O) groups excluding carboxylic acids is 1. The van der Waals surface area contributed by atoms with Crippen LogP contribution in [0.3, 0.4) is 0 Å². The van der Waals surface area contributed by atoms with Crippen LogP contribution < -0.4 is 5.32 Å². The van der Waals surface area contributed by atoms with Gasteiger partial charge in [-0.15, -0.1) is 5.10 Å². The molecule has 2 aromatic carbocycles. The molecule has 1 aliphatic heterocycles. The molecule has 0 spiro atoms. The number of carbonyl (C=O) groups is 1. The van der Waals surface area contributed by atoms with Crippen LogP contribution in [0.1, 0.15) is 16.1 Å². The fourth-order valence-electron chi connectivity index (χ4n) is 3.64. The fourth-order valence-corrected chi connectivity index (χ4v) is 4.76. The molecule has 0 saturated carbocycles. The second-order valence-corrected chi connectivity index (χ2v) is 8.17. The average molecular weight is 404 g/mol. The van der Waals surface area contributed by atoms with E-state index >= 15 is 0 Å². The summed E-state index contributed by atoms with van der Waals surface area (Å²) >= 11 is 1.62. The molecule has 6 nitrogen and oxygen atoms in total. The first-order chi connectivity index (χ1) is 14.3. The molecule has 4 aromatic rings. The van der Waals surface area contributed by atoms with Crippen molar-refractivity contribution in [2.24, 2.45) is 0 Å². The molecular formula is C22H21N5OS. The number of thiazole rings is 1. The Balaban J connectivity index is 1.25. The minimum Gasteiger partial charge on any atom is -0.338 e. The molecule has 7 heteroatoms. The largest absolute Gasteiger partial charge is 0.338 e. The van der Waals surface area contributed by atoms with Gasteiger partial charge in [0.05, 0.1) is 12.2 Å².